The quantitative estimate of drug-likeness (QED) is 0.538. The van der Waals surface area contributed by atoms with E-state index in [1.807, 2.05) is 18.3 Å². The van der Waals surface area contributed by atoms with E-state index in [-0.39, 0.29) is 11.8 Å². The second-order valence-electron chi connectivity index (χ2n) is 6.95. The van der Waals surface area contributed by atoms with E-state index in [4.69, 9.17) is 5.73 Å². The molecule has 7 nitrogen and oxygen atoms in total. The zero-order valence-electron chi connectivity index (χ0n) is 14.3. The highest BCUT2D eigenvalue weighted by molar-refractivity contribution is 6.05. The second kappa shape index (κ2) is 7.03. The van der Waals surface area contributed by atoms with E-state index < -0.39 is 0 Å². The van der Waals surface area contributed by atoms with Crippen LogP contribution in [0.3, 0.4) is 0 Å². The molecule has 2 unspecified atom stereocenters. The first kappa shape index (κ1) is 16.4. The van der Waals surface area contributed by atoms with Crippen molar-refractivity contribution < 1.29 is 5.11 Å². The van der Waals surface area contributed by atoms with Gasteiger partial charge in [-0.1, -0.05) is 6.07 Å². The largest absolute Gasteiger partial charge is 0.507 e. The molecule has 0 radical (unpaired) electrons. The average molecular weight is 342 g/mol. The molecular formula is C18H26N6O. The van der Waals surface area contributed by atoms with Gasteiger partial charge in [0.2, 0.25) is 0 Å². The van der Waals surface area contributed by atoms with Crippen LogP contribution >= 0.6 is 0 Å². The molecule has 25 heavy (non-hydrogen) atoms. The predicted molar refractivity (Wildman–Crippen MR) is 98.3 cm³/mol. The summed E-state index contributed by atoms with van der Waals surface area (Å²) in [6, 6.07) is 6.44. The fourth-order valence-corrected chi connectivity index (χ4v) is 3.83. The van der Waals surface area contributed by atoms with Crippen LogP contribution in [0.1, 0.15) is 30.0 Å². The number of nitrogens with zero attached hydrogens (tertiary/aromatic N) is 2. The molecule has 1 aromatic rings. The smallest absolute Gasteiger partial charge is 0.139 e. The third-order valence-corrected chi connectivity index (χ3v) is 5.19. The van der Waals surface area contributed by atoms with Crippen molar-refractivity contribution >= 4 is 5.71 Å². The lowest BCUT2D eigenvalue weighted by Gasteiger charge is -2.36. The van der Waals surface area contributed by atoms with Gasteiger partial charge in [0.15, 0.2) is 0 Å². The van der Waals surface area contributed by atoms with Crippen molar-refractivity contribution in [3.05, 3.63) is 41.3 Å². The molecule has 0 saturated carbocycles. The summed E-state index contributed by atoms with van der Waals surface area (Å²) in [5.41, 5.74) is 8.83. The Morgan fingerprint density at radius 2 is 2.16 bits per heavy atom. The van der Waals surface area contributed by atoms with Gasteiger partial charge in [0, 0.05) is 43.6 Å². The van der Waals surface area contributed by atoms with Gasteiger partial charge in [-0.25, -0.2) is 4.99 Å². The Morgan fingerprint density at radius 1 is 1.24 bits per heavy atom. The van der Waals surface area contributed by atoms with Crippen LogP contribution in [0.15, 0.2) is 35.2 Å². The maximum absolute atomic E-state index is 10.4. The molecule has 0 amide bonds. The lowest BCUT2D eigenvalue weighted by Crippen LogP contribution is -2.46. The van der Waals surface area contributed by atoms with Gasteiger partial charge in [-0.15, -0.1) is 0 Å². The Kier molecular flexibility index (Phi) is 4.61. The number of benzene rings is 1. The van der Waals surface area contributed by atoms with E-state index in [9.17, 15) is 5.11 Å². The summed E-state index contributed by atoms with van der Waals surface area (Å²) in [5, 5.41) is 20.5. The molecule has 0 spiro atoms. The van der Waals surface area contributed by atoms with Crippen molar-refractivity contribution in [2.75, 3.05) is 32.8 Å². The molecule has 3 aliphatic heterocycles. The number of nitrogens with two attached hydrogens (primary N) is 1. The zero-order chi connectivity index (χ0) is 17.2. The Labute approximate surface area is 148 Å². The Hall–Kier alpha value is -2.09. The van der Waals surface area contributed by atoms with Crippen LogP contribution in [-0.2, 0) is 0 Å². The van der Waals surface area contributed by atoms with E-state index >= 15 is 0 Å². The molecule has 4 rings (SSSR count). The number of aromatic hydroxyl groups is 1. The number of hydrogen-bond acceptors (Lipinski definition) is 7. The molecule has 6 N–H and O–H groups in total. The fraction of sp³-hybridized carbons (Fsp3) is 0.500. The average Bonchev–Trinajstić information content (AvgIpc) is 3.17. The Bertz CT molecular complexity index is 689. The second-order valence-corrected chi connectivity index (χ2v) is 6.95. The molecular weight excluding hydrogens is 316 g/mol. The summed E-state index contributed by atoms with van der Waals surface area (Å²) in [5.74, 6) is 0.752. The van der Waals surface area contributed by atoms with Crippen LogP contribution in [-0.4, -0.2) is 54.6 Å². The van der Waals surface area contributed by atoms with Crippen molar-refractivity contribution in [3.63, 3.8) is 0 Å². The van der Waals surface area contributed by atoms with Gasteiger partial charge < -0.3 is 26.4 Å². The molecule has 3 heterocycles. The molecule has 0 aromatic heterocycles. The van der Waals surface area contributed by atoms with Crippen molar-refractivity contribution in [2.24, 2.45) is 10.7 Å². The summed E-state index contributed by atoms with van der Waals surface area (Å²) in [7, 11) is 0. The topological polar surface area (TPSA) is 97.9 Å². The minimum absolute atomic E-state index is 0.255. The van der Waals surface area contributed by atoms with Crippen LogP contribution in [0.5, 0.6) is 5.75 Å². The van der Waals surface area contributed by atoms with E-state index in [1.54, 1.807) is 6.07 Å². The van der Waals surface area contributed by atoms with Gasteiger partial charge in [0.1, 0.15) is 11.6 Å². The van der Waals surface area contributed by atoms with Gasteiger partial charge in [0.25, 0.3) is 0 Å². The van der Waals surface area contributed by atoms with E-state index in [2.05, 4.69) is 25.8 Å². The number of nitrogens with one attached hydrogen (secondary N) is 3. The van der Waals surface area contributed by atoms with Crippen molar-refractivity contribution in [1.82, 2.24) is 20.9 Å². The highest BCUT2D eigenvalue weighted by Crippen LogP contribution is 2.26. The Balaban J connectivity index is 1.59. The molecule has 2 atom stereocenters. The summed E-state index contributed by atoms with van der Waals surface area (Å²) in [4.78, 5) is 6.78. The SMILES string of the molecule is NC1=CN(C2CCCNC2)CC(c2cc(C3CNCN3)ccc2O)=N1. The number of phenols is 1. The van der Waals surface area contributed by atoms with E-state index in [0.29, 0.717) is 18.4 Å². The first-order valence-electron chi connectivity index (χ1n) is 8.99. The van der Waals surface area contributed by atoms with Crippen LogP contribution in [0, 0.1) is 0 Å². The number of rotatable bonds is 3. The fourth-order valence-electron chi connectivity index (χ4n) is 3.83. The standard InChI is InChI=1S/C18H26N6O/c19-18-10-24(13-2-1-5-20-7-13)9-16(23-18)14-6-12(3-4-17(14)25)15-8-21-11-22-15/h3-4,6,10,13,15,20-22,25H,1-2,5,7-9,11,19H2. The minimum Gasteiger partial charge on any atom is -0.507 e. The van der Waals surface area contributed by atoms with Gasteiger partial charge in [-0.05, 0) is 37.1 Å². The van der Waals surface area contributed by atoms with E-state index in [1.165, 1.54) is 6.42 Å². The highest BCUT2D eigenvalue weighted by atomic mass is 16.3. The molecule has 7 heteroatoms. The van der Waals surface area contributed by atoms with Crippen LogP contribution in [0.25, 0.3) is 0 Å². The third kappa shape index (κ3) is 3.49. The van der Waals surface area contributed by atoms with Crippen molar-refractivity contribution in [2.45, 2.75) is 24.9 Å². The molecule has 2 saturated heterocycles. The van der Waals surface area contributed by atoms with Crippen molar-refractivity contribution in [3.8, 4) is 5.75 Å². The van der Waals surface area contributed by atoms with E-state index in [0.717, 1.165) is 49.6 Å². The maximum atomic E-state index is 10.4. The maximum Gasteiger partial charge on any atom is 0.139 e. The third-order valence-electron chi connectivity index (χ3n) is 5.19. The summed E-state index contributed by atoms with van der Waals surface area (Å²) in [6.45, 7) is 4.40. The molecule has 3 aliphatic rings. The number of piperidine rings is 1. The van der Waals surface area contributed by atoms with Crippen LogP contribution in [0.2, 0.25) is 0 Å². The Morgan fingerprint density at radius 3 is 2.92 bits per heavy atom. The van der Waals surface area contributed by atoms with Crippen LogP contribution < -0.4 is 21.7 Å². The molecule has 1 aromatic carbocycles. The molecule has 0 bridgehead atoms. The number of aliphatic imine (C=N–C) groups is 1. The molecule has 2 fully saturated rings. The first-order valence-corrected chi connectivity index (χ1v) is 8.99. The first-order chi connectivity index (χ1) is 12.2. The predicted octanol–water partition coefficient (Wildman–Crippen LogP) is 0.198. The highest BCUT2D eigenvalue weighted by Gasteiger charge is 2.25. The van der Waals surface area contributed by atoms with Gasteiger partial charge in [-0.3, -0.25) is 5.32 Å². The number of phenolic OH excluding ortho intramolecular Hbond substituents is 1. The van der Waals surface area contributed by atoms with Gasteiger partial charge in [0.05, 0.1) is 12.3 Å². The van der Waals surface area contributed by atoms with Crippen LogP contribution in [0.4, 0.5) is 0 Å². The lowest BCUT2D eigenvalue weighted by molar-refractivity contribution is 0.249. The lowest BCUT2D eigenvalue weighted by atomic mass is 9.99. The number of hydrogen-bond donors (Lipinski definition) is 5. The molecule has 134 valence electrons. The summed E-state index contributed by atoms with van der Waals surface area (Å²) < 4.78 is 0. The van der Waals surface area contributed by atoms with Crippen molar-refractivity contribution in [1.29, 1.82) is 0 Å². The normalized spacial score (nSPS) is 27.1. The summed E-state index contributed by atoms with van der Waals surface area (Å²) in [6.07, 6.45) is 4.25. The van der Waals surface area contributed by atoms with Gasteiger partial charge >= 0.3 is 0 Å². The van der Waals surface area contributed by atoms with Gasteiger partial charge in [-0.2, -0.15) is 0 Å². The monoisotopic (exact) mass is 342 g/mol. The minimum atomic E-state index is 0.255. The molecule has 0 aliphatic carbocycles. The zero-order valence-corrected chi connectivity index (χ0v) is 14.3. The summed E-state index contributed by atoms with van der Waals surface area (Å²) >= 11 is 0.